The first-order chi connectivity index (χ1) is 9.87. The molecule has 1 heterocycles. The number of hydrogen-bond donors (Lipinski definition) is 2. The first-order valence-corrected chi connectivity index (χ1v) is 7.70. The number of halogens is 1. The van der Waals surface area contributed by atoms with E-state index in [-0.39, 0.29) is 17.2 Å². The second-order valence-electron chi connectivity index (χ2n) is 5.80. The molecule has 5 nitrogen and oxygen atoms in total. The third-order valence-corrected chi connectivity index (χ3v) is 5.17. The zero-order valence-electron chi connectivity index (χ0n) is 12.3. The Hall–Kier alpha value is -1.56. The van der Waals surface area contributed by atoms with Crippen molar-refractivity contribution >= 4 is 27.7 Å². The molecule has 1 aliphatic rings. The maximum absolute atomic E-state index is 12.5. The molecular weight excluding hydrogens is 334 g/mol. The molecule has 1 saturated heterocycles. The number of carbonyl (C=O) groups excluding carboxylic acids is 1. The first kappa shape index (κ1) is 15.8. The lowest BCUT2D eigenvalue weighted by Crippen LogP contribution is -2.47. The number of aryl methyl sites for hydroxylation is 1. The molecule has 0 aromatic heterocycles. The third-order valence-electron chi connectivity index (χ3n) is 4.29. The van der Waals surface area contributed by atoms with Gasteiger partial charge in [-0.15, -0.1) is 0 Å². The minimum atomic E-state index is -0.332. The highest BCUT2D eigenvalue weighted by Crippen LogP contribution is 2.31. The Labute approximate surface area is 132 Å². The minimum absolute atomic E-state index is 0.0344. The van der Waals surface area contributed by atoms with E-state index in [1.165, 1.54) is 0 Å². The van der Waals surface area contributed by atoms with Crippen molar-refractivity contribution in [3.05, 3.63) is 33.8 Å². The fourth-order valence-corrected chi connectivity index (χ4v) is 2.79. The molecule has 0 unspecified atom stereocenters. The van der Waals surface area contributed by atoms with Gasteiger partial charge >= 0.3 is 0 Å². The summed E-state index contributed by atoms with van der Waals surface area (Å²) in [6, 6.07) is 5.62. The molecule has 1 aliphatic heterocycles. The van der Waals surface area contributed by atoms with Gasteiger partial charge in [0.2, 0.25) is 0 Å². The normalized spacial score (nSPS) is 18.6. The van der Waals surface area contributed by atoms with E-state index in [4.69, 9.17) is 10.9 Å². The molecule has 6 heteroatoms. The lowest BCUT2D eigenvalue weighted by atomic mass is 9.79. The average molecular weight is 354 g/mol. The lowest BCUT2D eigenvalue weighted by Gasteiger charge is -2.38. The molecule has 114 valence electrons. The number of amidine groups is 1. The highest BCUT2D eigenvalue weighted by atomic mass is 79.9. The van der Waals surface area contributed by atoms with E-state index in [0.717, 1.165) is 10.0 Å². The van der Waals surface area contributed by atoms with Gasteiger partial charge in [-0.25, -0.2) is 0 Å². The second kappa shape index (κ2) is 6.05. The van der Waals surface area contributed by atoms with Gasteiger partial charge in [0.05, 0.1) is 0 Å². The van der Waals surface area contributed by atoms with Crippen LogP contribution in [-0.4, -0.2) is 34.9 Å². The standard InChI is InChI=1S/C15H20BrN3O2/c1-10-9-11(3-4-12(10)16)13(20)19-7-5-15(2,6-8-19)14(17)18-21/h3-4,9,21H,5-8H2,1-2H3,(H2,17,18). The van der Waals surface area contributed by atoms with Gasteiger partial charge in [0, 0.05) is 28.5 Å². The van der Waals surface area contributed by atoms with Crippen molar-refractivity contribution in [2.24, 2.45) is 16.3 Å². The van der Waals surface area contributed by atoms with E-state index in [1.54, 1.807) is 0 Å². The molecule has 0 saturated carbocycles. The number of carbonyl (C=O) groups is 1. The second-order valence-corrected chi connectivity index (χ2v) is 6.66. The molecule has 0 atom stereocenters. The number of nitrogens with zero attached hydrogens (tertiary/aromatic N) is 2. The Morgan fingerprint density at radius 3 is 2.57 bits per heavy atom. The number of likely N-dealkylation sites (tertiary alicyclic amines) is 1. The van der Waals surface area contributed by atoms with Gasteiger partial charge in [0.25, 0.3) is 5.91 Å². The van der Waals surface area contributed by atoms with Gasteiger partial charge in [0.15, 0.2) is 0 Å². The fourth-order valence-electron chi connectivity index (χ4n) is 2.54. The molecular formula is C15H20BrN3O2. The number of hydrogen-bond acceptors (Lipinski definition) is 3. The van der Waals surface area contributed by atoms with Crippen molar-refractivity contribution in [2.45, 2.75) is 26.7 Å². The third kappa shape index (κ3) is 3.20. The van der Waals surface area contributed by atoms with Gasteiger partial charge in [-0.3, -0.25) is 4.79 Å². The number of amides is 1. The van der Waals surface area contributed by atoms with Gasteiger partial charge in [-0.05, 0) is 43.5 Å². The van der Waals surface area contributed by atoms with E-state index in [9.17, 15) is 4.79 Å². The fraction of sp³-hybridized carbons (Fsp3) is 0.467. The van der Waals surface area contributed by atoms with Crippen LogP contribution in [0.4, 0.5) is 0 Å². The van der Waals surface area contributed by atoms with E-state index in [2.05, 4.69) is 21.1 Å². The van der Waals surface area contributed by atoms with Gasteiger partial charge in [-0.2, -0.15) is 0 Å². The highest BCUT2D eigenvalue weighted by molar-refractivity contribution is 9.10. The quantitative estimate of drug-likeness (QED) is 0.371. The zero-order valence-corrected chi connectivity index (χ0v) is 13.9. The molecule has 1 fully saturated rings. The van der Waals surface area contributed by atoms with Crippen LogP contribution in [0, 0.1) is 12.3 Å². The van der Waals surface area contributed by atoms with E-state index in [1.807, 2.05) is 36.9 Å². The van der Waals surface area contributed by atoms with Crippen molar-refractivity contribution in [3.63, 3.8) is 0 Å². The smallest absolute Gasteiger partial charge is 0.253 e. The highest BCUT2D eigenvalue weighted by Gasteiger charge is 2.35. The molecule has 1 amide bonds. The number of benzene rings is 1. The molecule has 3 N–H and O–H groups in total. The number of rotatable bonds is 2. The van der Waals surface area contributed by atoms with E-state index < -0.39 is 0 Å². The van der Waals surface area contributed by atoms with Gasteiger partial charge in [-0.1, -0.05) is 28.0 Å². The average Bonchev–Trinajstić information content (AvgIpc) is 2.49. The molecule has 0 radical (unpaired) electrons. The minimum Gasteiger partial charge on any atom is -0.409 e. The van der Waals surface area contributed by atoms with Crippen LogP contribution >= 0.6 is 15.9 Å². The number of nitrogens with two attached hydrogens (primary N) is 1. The summed E-state index contributed by atoms with van der Waals surface area (Å²) in [7, 11) is 0. The topological polar surface area (TPSA) is 78.9 Å². The van der Waals surface area contributed by atoms with Crippen LogP contribution in [0.2, 0.25) is 0 Å². The molecule has 21 heavy (non-hydrogen) atoms. The summed E-state index contributed by atoms with van der Waals surface area (Å²) in [4.78, 5) is 14.3. The van der Waals surface area contributed by atoms with Crippen LogP contribution in [0.25, 0.3) is 0 Å². The van der Waals surface area contributed by atoms with Crippen LogP contribution in [0.15, 0.2) is 27.8 Å². The Morgan fingerprint density at radius 1 is 1.43 bits per heavy atom. The molecule has 0 bridgehead atoms. The summed E-state index contributed by atoms with van der Waals surface area (Å²) in [5, 5.41) is 12.0. The number of oxime groups is 1. The van der Waals surface area contributed by atoms with E-state index in [0.29, 0.717) is 31.5 Å². The van der Waals surface area contributed by atoms with Gasteiger partial charge < -0.3 is 15.8 Å². The van der Waals surface area contributed by atoms with Crippen LogP contribution in [-0.2, 0) is 0 Å². The van der Waals surface area contributed by atoms with Crippen molar-refractivity contribution < 1.29 is 10.0 Å². The lowest BCUT2D eigenvalue weighted by molar-refractivity contribution is 0.0666. The Morgan fingerprint density at radius 2 is 2.05 bits per heavy atom. The van der Waals surface area contributed by atoms with Crippen molar-refractivity contribution in [1.82, 2.24) is 4.90 Å². The molecule has 1 aromatic rings. The summed E-state index contributed by atoms with van der Waals surface area (Å²) >= 11 is 3.44. The predicted octanol–water partition coefficient (Wildman–Crippen LogP) is 2.75. The van der Waals surface area contributed by atoms with Crippen molar-refractivity contribution in [1.29, 1.82) is 0 Å². The van der Waals surface area contributed by atoms with Crippen LogP contribution in [0.3, 0.4) is 0 Å². The maximum atomic E-state index is 12.5. The van der Waals surface area contributed by atoms with Crippen LogP contribution < -0.4 is 5.73 Å². The first-order valence-electron chi connectivity index (χ1n) is 6.91. The molecule has 1 aromatic carbocycles. The van der Waals surface area contributed by atoms with Crippen molar-refractivity contribution in [3.8, 4) is 0 Å². The predicted molar refractivity (Wildman–Crippen MR) is 85.5 cm³/mol. The Balaban J connectivity index is 2.08. The zero-order chi connectivity index (χ0) is 15.6. The summed E-state index contributed by atoms with van der Waals surface area (Å²) < 4.78 is 0.997. The maximum Gasteiger partial charge on any atom is 0.253 e. The van der Waals surface area contributed by atoms with Gasteiger partial charge in [0.1, 0.15) is 5.84 Å². The summed E-state index contributed by atoms with van der Waals surface area (Å²) in [6.07, 6.45) is 1.40. The van der Waals surface area contributed by atoms with E-state index >= 15 is 0 Å². The Bertz CT molecular complexity index is 578. The summed E-state index contributed by atoms with van der Waals surface area (Å²) in [6.45, 7) is 5.15. The molecule has 0 spiro atoms. The molecule has 0 aliphatic carbocycles. The summed E-state index contributed by atoms with van der Waals surface area (Å²) in [5.74, 6) is 0.279. The SMILES string of the molecule is Cc1cc(C(=O)N2CCC(C)(/C(N)=N/O)CC2)ccc1Br. The van der Waals surface area contributed by atoms with Crippen molar-refractivity contribution in [2.75, 3.05) is 13.1 Å². The van der Waals surface area contributed by atoms with Crippen LogP contribution in [0.5, 0.6) is 0 Å². The monoisotopic (exact) mass is 353 g/mol. The summed E-state index contributed by atoms with van der Waals surface area (Å²) in [5.41, 5.74) is 7.15. The molecule has 2 rings (SSSR count). The Kier molecular flexibility index (Phi) is 4.56. The number of piperidine rings is 1. The van der Waals surface area contributed by atoms with Crippen LogP contribution in [0.1, 0.15) is 35.7 Å². The largest absolute Gasteiger partial charge is 0.409 e.